The largest absolute Gasteiger partial charge is 0.387 e. The molecule has 0 aliphatic rings. The molecule has 0 saturated carbocycles. The quantitative estimate of drug-likeness (QED) is 0.815. The molecule has 14 heavy (non-hydrogen) atoms. The van der Waals surface area contributed by atoms with Gasteiger partial charge >= 0.3 is 0 Å². The Morgan fingerprint density at radius 1 is 1.64 bits per heavy atom. The van der Waals surface area contributed by atoms with Crippen LogP contribution in [0.5, 0.6) is 0 Å². The first-order valence-electron chi connectivity index (χ1n) is 4.21. The molecule has 2 aromatic heterocycles. The smallest absolute Gasteiger partial charge is 0.0945 e. The van der Waals surface area contributed by atoms with Crippen LogP contribution in [0.25, 0.3) is 0 Å². The van der Waals surface area contributed by atoms with Gasteiger partial charge in [0.2, 0.25) is 0 Å². The highest BCUT2D eigenvalue weighted by Gasteiger charge is 2.09. The van der Waals surface area contributed by atoms with Gasteiger partial charge in [0.25, 0.3) is 0 Å². The molecule has 1 atom stereocenters. The molecule has 0 aliphatic carbocycles. The zero-order valence-electron chi connectivity index (χ0n) is 7.66. The molecule has 2 aromatic rings. The van der Waals surface area contributed by atoms with E-state index in [9.17, 15) is 5.11 Å². The fourth-order valence-corrected chi connectivity index (χ4v) is 1.73. The minimum atomic E-state index is -0.552. The number of hydrogen-bond acceptors (Lipinski definition) is 5. The van der Waals surface area contributed by atoms with Gasteiger partial charge in [0, 0.05) is 5.38 Å². The third-order valence-electron chi connectivity index (χ3n) is 1.87. The Hall–Kier alpha value is -1.27. The summed E-state index contributed by atoms with van der Waals surface area (Å²) in [5.74, 6) is 0. The topological polar surface area (TPSA) is 63.8 Å². The number of nitrogens with zero attached hydrogens (tertiary/aromatic N) is 4. The second-order valence-electron chi connectivity index (χ2n) is 2.97. The van der Waals surface area contributed by atoms with E-state index in [-0.39, 0.29) is 0 Å². The van der Waals surface area contributed by atoms with Crippen LogP contribution in [-0.4, -0.2) is 25.1 Å². The van der Waals surface area contributed by atoms with Crippen LogP contribution in [0.4, 0.5) is 0 Å². The number of rotatable bonds is 3. The van der Waals surface area contributed by atoms with Crippen molar-refractivity contribution in [2.24, 2.45) is 0 Å². The molecule has 0 aliphatic heterocycles. The van der Waals surface area contributed by atoms with Gasteiger partial charge in [0.05, 0.1) is 35.7 Å². The maximum Gasteiger partial charge on any atom is 0.0945 e. The van der Waals surface area contributed by atoms with E-state index in [1.165, 1.54) is 0 Å². The van der Waals surface area contributed by atoms with Crippen LogP contribution in [0.3, 0.4) is 0 Å². The van der Waals surface area contributed by atoms with E-state index in [4.69, 9.17) is 0 Å². The minimum Gasteiger partial charge on any atom is -0.387 e. The van der Waals surface area contributed by atoms with Crippen LogP contribution in [0, 0.1) is 0 Å². The molecule has 0 amide bonds. The third-order valence-corrected chi connectivity index (χ3v) is 2.51. The Morgan fingerprint density at radius 3 is 3.14 bits per heavy atom. The monoisotopic (exact) mass is 210 g/mol. The molecule has 5 nitrogen and oxygen atoms in total. The lowest BCUT2D eigenvalue weighted by Crippen LogP contribution is -2.08. The van der Waals surface area contributed by atoms with Gasteiger partial charge in [-0.25, -0.2) is 9.67 Å². The van der Waals surface area contributed by atoms with Gasteiger partial charge in [0.15, 0.2) is 0 Å². The zero-order chi connectivity index (χ0) is 9.97. The van der Waals surface area contributed by atoms with Gasteiger partial charge in [0.1, 0.15) is 0 Å². The van der Waals surface area contributed by atoms with Crippen LogP contribution < -0.4 is 0 Å². The van der Waals surface area contributed by atoms with Gasteiger partial charge in [-0.3, -0.25) is 0 Å². The second-order valence-corrected chi connectivity index (χ2v) is 3.69. The normalized spacial score (nSPS) is 13.0. The fourth-order valence-electron chi connectivity index (χ4n) is 1.18. The van der Waals surface area contributed by atoms with Crippen molar-refractivity contribution in [1.29, 1.82) is 0 Å². The van der Waals surface area contributed by atoms with Crippen LogP contribution >= 0.6 is 11.3 Å². The molecule has 0 aromatic carbocycles. The Morgan fingerprint density at radius 2 is 2.50 bits per heavy atom. The molecule has 0 spiro atoms. The summed E-state index contributed by atoms with van der Waals surface area (Å²) in [6.07, 6.45) is 1.01. The van der Waals surface area contributed by atoms with Gasteiger partial charge in [-0.15, -0.1) is 16.4 Å². The molecule has 0 saturated heterocycles. The lowest BCUT2D eigenvalue weighted by molar-refractivity contribution is 0.188. The van der Waals surface area contributed by atoms with Crippen LogP contribution in [0.1, 0.15) is 24.4 Å². The Bertz CT molecular complexity index is 395. The molecule has 2 heterocycles. The van der Waals surface area contributed by atoms with Gasteiger partial charge in [-0.2, -0.15) is 0 Å². The maximum absolute atomic E-state index is 9.40. The van der Waals surface area contributed by atoms with Crippen molar-refractivity contribution >= 4 is 11.3 Å². The van der Waals surface area contributed by atoms with E-state index in [0.717, 1.165) is 5.69 Å². The van der Waals surface area contributed by atoms with Crippen molar-refractivity contribution in [3.63, 3.8) is 0 Å². The number of hydrogen-bond donors (Lipinski definition) is 1. The van der Waals surface area contributed by atoms with Crippen LogP contribution in [0.2, 0.25) is 0 Å². The highest BCUT2D eigenvalue weighted by atomic mass is 32.1. The summed E-state index contributed by atoms with van der Waals surface area (Å²) in [6, 6.07) is 0. The summed E-state index contributed by atoms with van der Waals surface area (Å²) in [5, 5.41) is 19.0. The summed E-state index contributed by atoms with van der Waals surface area (Å²) < 4.78 is 1.65. The predicted molar refractivity (Wildman–Crippen MR) is 51.9 cm³/mol. The molecule has 1 N–H and O–H groups in total. The van der Waals surface area contributed by atoms with E-state index >= 15 is 0 Å². The van der Waals surface area contributed by atoms with Crippen LogP contribution in [-0.2, 0) is 6.54 Å². The second kappa shape index (κ2) is 3.85. The highest BCUT2D eigenvalue weighted by Crippen LogP contribution is 2.11. The van der Waals surface area contributed by atoms with E-state index < -0.39 is 6.10 Å². The summed E-state index contributed by atoms with van der Waals surface area (Å²) in [5.41, 5.74) is 3.41. The first kappa shape index (κ1) is 9.29. The summed E-state index contributed by atoms with van der Waals surface area (Å²) in [4.78, 5) is 4.14. The lowest BCUT2D eigenvalue weighted by Gasteiger charge is -2.05. The summed E-state index contributed by atoms with van der Waals surface area (Å²) in [6.45, 7) is 2.25. The first-order valence-corrected chi connectivity index (χ1v) is 5.15. The molecular formula is C8H10N4OS. The fraction of sp³-hybridized carbons (Fsp3) is 0.375. The molecule has 74 valence electrons. The van der Waals surface area contributed by atoms with Crippen molar-refractivity contribution in [3.8, 4) is 0 Å². The summed E-state index contributed by atoms with van der Waals surface area (Å²) in [7, 11) is 0. The average Bonchev–Trinajstić information content (AvgIpc) is 2.75. The van der Waals surface area contributed by atoms with Gasteiger partial charge in [-0.05, 0) is 6.92 Å². The minimum absolute atomic E-state index is 0.552. The van der Waals surface area contributed by atoms with E-state index in [0.29, 0.717) is 12.2 Å². The first-order chi connectivity index (χ1) is 6.77. The van der Waals surface area contributed by atoms with Crippen molar-refractivity contribution in [3.05, 3.63) is 28.5 Å². The number of thiazole rings is 1. The number of aliphatic hydroxyl groups is 1. The molecule has 0 fully saturated rings. The predicted octanol–water partition coefficient (Wildman–Crippen LogP) is 0.836. The van der Waals surface area contributed by atoms with Gasteiger partial charge in [-0.1, -0.05) is 5.21 Å². The Balaban J connectivity index is 2.21. The standard InChI is InChI=1S/C8H10N4OS/c1-6(13)8-2-10-11-12(8)3-7-4-14-5-9-7/h2,4-6,13H,3H2,1H3/t6-/m1/s1. The molecule has 0 bridgehead atoms. The Labute approximate surface area is 85.0 Å². The van der Waals surface area contributed by atoms with Crippen molar-refractivity contribution < 1.29 is 5.11 Å². The van der Waals surface area contributed by atoms with E-state index in [2.05, 4.69) is 15.3 Å². The number of aliphatic hydroxyl groups excluding tert-OH is 1. The molecule has 0 radical (unpaired) electrons. The highest BCUT2D eigenvalue weighted by molar-refractivity contribution is 7.07. The van der Waals surface area contributed by atoms with Gasteiger partial charge < -0.3 is 5.11 Å². The van der Waals surface area contributed by atoms with Crippen molar-refractivity contribution in [2.75, 3.05) is 0 Å². The van der Waals surface area contributed by atoms with Crippen molar-refractivity contribution in [2.45, 2.75) is 19.6 Å². The zero-order valence-corrected chi connectivity index (χ0v) is 8.48. The maximum atomic E-state index is 9.40. The van der Waals surface area contributed by atoms with E-state index in [1.807, 2.05) is 5.38 Å². The lowest BCUT2D eigenvalue weighted by atomic mass is 10.3. The molecule has 0 unspecified atom stereocenters. The molecule has 2 rings (SSSR count). The molecule has 6 heteroatoms. The SMILES string of the molecule is C[C@@H](O)c1cnnn1Cc1cscn1. The molecular weight excluding hydrogens is 200 g/mol. The number of aromatic nitrogens is 4. The Kier molecular flexibility index (Phi) is 2.55. The van der Waals surface area contributed by atoms with Crippen molar-refractivity contribution in [1.82, 2.24) is 20.0 Å². The average molecular weight is 210 g/mol. The van der Waals surface area contributed by atoms with E-state index in [1.54, 1.807) is 34.6 Å². The summed E-state index contributed by atoms with van der Waals surface area (Å²) >= 11 is 1.54. The van der Waals surface area contributed by atoms with Crippen LogP contribution in [0.15, 0.2) is 17.1 Å². The third kappa shape index (κ3) is 1.80.